The fourth-order valence-corrected chi connectivity index (χ4v) is 6.53. The van der Waals surface area contributed by atoms with E-state index in [1.807, 2.05) is 29.3 Å². The van der Waals surface area contributed by atoms with Crippen molar-refractivity contribution in [2.75, 3.05) is 40.4 Å². The molecule has 1 saturated heterocycles. The van der Waals surface area contributed by atoms with E-state index in [1.54, 1.807) is 49.8 Å². The largest absolute Gasteiger partial charge is 0.380 e. The van der Waals surface area contributed by atoms with Gasteiger partial charge in [0.15, 0.2) is 5.82 Å². The first-order valence-corrected chi connectivity index (χ1v) is 15.6. The summed E-state index contributed by atoms with van der Waals surface area (Å²) in [5.41, 5.74) is 3.28. The number of nitrogens with one attached hydrogen (secondary N) is 2. The van der Waals surface area contributed by atoms with Gasteiger partial charge >= 0.3 is 0 Å². The maximum Gasteiger partial charge on any atom is 0.256 e. The Morgan fingerprint density at radius 3 is 2.51 bits per heavy atom. The molecule has 10 nitrogen and oxygen atoms in total. The van der Waals surface area contributed by atoms with Crippen LogP contribution in [-0.4, -0.2) is 72.2 Å². The van der Waals surface area contributed by atoms with Crippen LogP contribution in [0.25, 0.3) is 10.9 Å². The number of likely N-dealkylation sites (tertiary alicyclic amines) is 1. The third-order valence-electron chi connectivity index (χ3n) is 7.53. The van der Waals surface area contributed by atoms with Crippen LogP contribution in [0.2, 0.25) is 0 Å². The number of carbonyl (C=O) groups is 1. The van der Waals surface area contributed by atoms with E-state index in [9.17, 15) is 13.2 Å². The number of hydrogen-bond acceptors (Lipinski definition) is 7. The fraction of sp³-hybridized carbons (Fsp3) is 0.367. The van der Waals surface area contributed by atoms with Gasteiger partial charge < -0.3 is 20.1 Å². The van der Waals surface area contributed by atoms with Gasteiger partial charge in [0.2, 0.25) is 10.0 Å². The molecule has 1 amide bonds. The van der Waals surface area contributed by atoms with E-state index in [4.69, 9.17) is 0 Å². The molecule has 216 valence electrons. The lowest BCUT2D eigenvalue weighted by Crippen LogP contribution is -2.46. The first kappa shape index (κ1) is 28.4. The highest BCUT2D eigenvalue weighted by Crippen LogP contribution is 2.33. The van der Waals surface area contributed by atoms with Crippen molar-refractivity contribution in [2.24, 2.45) is 0 Å². The predicted octanol–water partition coefficient (Wildman–Crippen LogP) is 5.01. The number of fused-ring (bicyclic) bond motifs is 1. The molecule has 1 aromatic carbocycles. The molecule has 0 atom stereocenters. The first-order chi connectivity index (χ1) is 19.7. The van der Waals surface area contributed by atoms with Gasteiger partial charge in [-0.05, 0) is 76.1 Å². The van der Waals surface area contributed by atoms with Crippen molar-refractivity contribution in [2.45, 2.75) is 45.7 Å². The van der Waals surface area contributed by atoms with Crippen LogP contribution in [0.4, 0.5) is 22.9 Å². The maximum absolute atomic E-state index is 13.7. The van der Waals surface area contributed by atoms with E-state index in [1.165, 1.54) is 4.31 Å². The van der Waals surface area contributed by atoms with Crippen LogP contribution in [-0.2, 0) is 10.0 Å². The summed E-state index contributed by atoms with van der Waals surface area (Å²) in [5, 5.41) is 4.17. The predicted molar refractivity (Wildman–Crippen MR) is 164 cm³/mol. The summed E-state index contributed by atoms with van der Waals surface area (Å²) in [7, 11) is -1.57. The van der Waals surface area contributed by atoms with E-state index >= 15 is 0 Å². The number of aromatic nitrogens is 3. The summed E-state index contributed by atoms with van der Waals surface area (Å²) < 4.78 is 27.5. The number of anilines is 4. The highest BCUT2D eigenvalue weighted by atomic mass is 32.2. The van der Waals surface area contributed by atoms with Crippen LogP contribution >= 0.6 is 0 Å². The Morgan fingerprint density at radius 1 is 1.10 bits per heavy atom. The number of sulfonamides is 1. The summed E-state index contributed by atoms with van der Waals surface area (Å²) in [6, 6.07) is 13.2. The number of nitrogens with zero attached hydrogens (tertiary/aromatic N) is 5. The van der Waals surface area contributed by atoms with Crippen molar-refractivity contribution < 1.29 is 13.2 Å². The smallest absolute Gasteiger partial charge is 0.256 e. The van der Waals surface area contributed by atoms with Gasteiger partial charge in [-0.1, -0.05) is 0 Å². The van der Waals surface area contributed by atoms with Crippen LogP contribution in [0.15, 0.2) is 67.3 Å². The molecule has 5 rings (SSSR count). The second-order valence-corrected chi connectivity index (χ2v) is 12.7. The minimum absolute atomic E-state index is 0.0663. The van der Waals surface area contributed by atoms with E-state index in [0.29, 0.717) is 41.5 Å². The first-order valence-electron chi connectivity index (χ1n) is 14.0. The van der Waals surface area contributed by atoms with Gasteiger partial charge in [-0.2, -0.15) is 0 Å². The molecule has 1 aliphatic rings. The standard InChI is InChI=1S/C30H37N7O3S/c1-5-41(39,40)37(23-10-15-31-16-11-23)24-8-9-27-25(19-24)26(20-33-27)30(38)36-17-12-22(13-18-36)35(4)29-28(34-21(2)3)7-6-14-32-29/h6-11,14-16,19-22,33-34H,5,12-13,17-18H2,1-4H3. The molecule has 2 N–H and O–H groups in total. The van der Waals surface area contributed by atoms with Crippen molar-refractivity contribution in [3.05, 3.63) is 72.8 Å². The topological polar surface area (TPSA) is 115 Å². The molecule has 0 spiro atoms. The molecule has 3 aromatic heterocycles. The van der Waals surface area contributed by atoms with Gasteiger partial charge in [0.25, 0.3) is 5.91 Å². The average Bonchev–Trinajstić information content (AvgIpc) is 3.40. The zero-order valence-electron chi connectivity index (χ0n) is 23.9. The average molecular weight is 576 g/mol. The number of hydrogen-bond donors (Lipinski definition) is 2. The number of aromatic amines is 1. The molecular formula is C30H37N7O3S. The van der Waals surface area contributed by atoms with Crippen molar-refractivity contribution in [1.29, 1.82) is 0 Å². The van der Waals surface area contributed by atoms with Crippen molar-refractivity contribution in [3.8, 4) is 0 Å². The number of rotatable bonds is 9. The van der Waals surface area contributed by atoms with Crippen LogP contribution in [0.1, 0.15) is 44.0 Å². The quantitative estimate of drug-likeness (QED) is 0.288. The number of benzene rings is 1. The van der Waals surface area contributed by atoms with Gasteiger partial charge in [-0.3, -0.25) is 9.78 Å². The van der Waals surface area contributed by atoms with Gasteiger partial charge in [0.05, 0.1) is 28.4 Å². The summed E-state index contributed by atoms with van der Waals surface area (Å²) in [6.45, 7) is 7.06. The van der Waals surface area contributed by atoms with Gasteiger partial charge in [0.1, 0.15) is 0 Å². The van der Waals surface area contributed by atoms with Gasteiger partial charge in [-0.25, -0.2) is 17.7 Å². The van der Waals surface area contributed by atoms with Crippen molar-refractivity contribution in [1.82, 2.24) is 19.9 Å². The fourth-order valence-electron chi connectivity index (χ4n) is 5.39. The van der Waals surface area contributed by atoms with Crippen LogP contribution in [0.5, 0.6) is 0 Å². The third kappa shape index (κ3) is 5.85. The Balaban J connectivity index is 1.36. The summed E-state index contributed by atoms with van der Waals surface area (Å²) >= 11 is 0. The number of H-pyrrole nitrogens is 1. The van der Waals surface area contributed by atoms with Gasteiger partial charge in [0, 0.05) is 67.9 Å². The molecule has 4 aromatic rings. The molecule has 1 aliphatic heterocycles. The van der Waals surface area contributed by atoms with E-state index in [2.05, 4.69) is 46.1 Å². The lowest BCUT2D eigenvalue weighted by Gasteiger charge is -2.38. The zero-order chi connectivity index (χ0) is 29.1. The Morgan fingerprint density at radius 2 is 1.83 bits per heavy atom. The normalized spacial score (nSPS) is 14.4. The zero-order valence-corrected chi connectivity index (χ0v) is 24.7. The Hall–Kier alpha value is -4.12. The molecule has 41 heavy (non-hydrogen) atoms. The van der Waals surface area contributed by atoms with Crippen LogP contribution < -0.4 is 14.5 Å². The molecule has 0 radical (unpaired) electrons. The Kier molecular flexibility index (Phi) is 8.16. The molecular weight excluding hydrogens is 538 g/mol. The van der Waals surface area contributed by atoms with E-state index < -0.39 is 10.0 Å². The van der Waals surface area contributed by atoms with E-state index in [0.717, 1.165) is 29.9 Å². The number of pyridine rings is 2. The molecule has 0 bridgehead atoms. The highest BCUT2D eigenvalue weighted by Gasteiger charge is 2.29. The molecule has 0 saturated carbocycles. The Bertz CT molecular complexity index is 1610. The minimum Gasteiger partial charge on any atom is -0.380 e. The lowest BCUT2D eigenvalue weighted by atomic mass is 10.0. The van der Waals surface area contributed by atoms with E-state index in [-0.39, 0.29) is 17.7 Å². The summed E-state index contributed by atoms with van der Waals surface area (Å²) in [6.07, 6.45) is 8.29. The second-order valence-electron chi connectivity index (χ2n) is 10.6. The number of amides is 1. The van der Waals surface area contributed by atoms with Crippen molar-refractivity contribution in [3.63, 3.8) is 0 Å². The Labute approximate surface area is 241 Å². The monoisotopic (exact) mass is 575 g/mol. The summed E-state index contributed by atoms with van der Waals surface area (Å²) in [4.78, 5) is 29.7. The molecule has 11 heteroatoms. The molecule has 0 unspecified atom stereocenters. The molecule has 1 fully saturated rings. The maximum atomic E-state index is 13.7. The second kappa shape index (κ2) is 11.8. The van der Waals surface area contributed by atoms with Crippen LogP contribution in [0.3, 0.4) is 0 Å². The molecule has 4 heterocycles. The highest BCUT2D eigenvalue weighted by molar-refractivity contribution is 7.93. The third-order valence-corrected chi connectivity index (χ3v) is 9.24. The molecule has 0 aliphatic carbocycles. The van der Waals surface area contributed by atoms with Gasteiger partial charge in [-0.15, -0.1) is 0 Å². The number of piperidine rings is 1. The SMILES string of the molecule is CCS(=O)(=O)N(c1ccncc1)c1ccc2[nH]cc(C(=O)N3CCC(N(C)c4ncccc4NC(C)C)CC3)c2c1. The summed E-state index contributed by atoms with van der Waals surface area (Å²) in [5.74, 6) is 0.780. The number of carbonyl (C=O) groups excluding carboxylic acids is 1. The van der Waals surface area contributed by atoms with Crippen LogP contribution in [0, 0.1) is 0 Å². The van der Waals surface area contributed by atoms with Crippen molar-refractivity contribution >= 4 is 49.7 Å². The minimum atomic E-state index is -3.63. The lowest BCUT2D eigenvalue weighted by molar-refractivity contribution is 0.0715.